The summed E-state index contributed by atoms with van der Waals surface area (Å²) in [5.41, 5.74) is 1.05. The smallest absolute Gasteiger partial charge is 0.339 e. The lowest BCUT2D eigenvalue weighted by Gasteiger charge is -2.09. The molecule has 0 bridgehead atoms. The second-order valence-corrected chi connectivity index (χ2v) is 7.12. The minimum Gasteiger partial charge on any atom is -0.496 e. The highest BCUT2D eigenvalue weighted by molar-refractivity contribution is 9.10. The Kier molecular flexibility index (Phi) is 6.04. The number of rotatable bonds is 7. The maximum atomic E-state index is 12.3. The summed E-state index contributed by atoms with van der Waals surface area (Å²) in [4.78, 5) is 0.0497. The maximum absolute atomic E-state index is 12.3. The molecule has 2 aromatic carbocycles. The van der Waals surface area contributed by atoms with E-state index in [-0.39, 0.29) is 10.6 Å². The molecule has 124 valence electrons. The average molecular weight is 401 g/mol. The van der Waals surface area contributed by atoms with E-state index in [1.165, 1.54) is 19.2 Å². The molecule has 23 heavy (non-hydrogen) atoms. The lowest BCUT2D eigenvalue weighted by atomic mass is 10.1. The predicted molar refractivity (Wildman–Crippen MR) is 90.5 cm³/mol. The Bertz CT molecular complexity index is 757. The molecule has 0 spiro atoms. The van der Waals surface area contributed by atoms with E-state index in [0.717, 1.165) is 12.0 Å². The molecule has 5 nitrogen and oxygen atoms in total. The van der Waals surface area contributed by atoms with Crippen molar-refractivity contribution in [2.24, 2.45) is 0 Å². The third-order valence-electron chi connectivity index (χ3n) is 3.14. The minimum atomic E-state index is -3.90. The van der Waals surface area contributed by atoms with Gasteiger partial charge in [0.1, 0.15) is 16.4 Å². The second kappa shape index (κ2) is 7.81. The van der Waals surface area contributed by atoms with Gasteiger partial charge in [0.2, 0.25) is 0 Å². The van der Waals surface area contributed by atoms with E-state index in [1.54, 1.807) is 25.3 Å². The number of hydrogen-bond donors (Lipinski definition) is 0. The number of hydrogen-bond acceptors (Lipinski definition) is 5. The van der Waals surface area contributed by atoms with Gasteiger partial charge in [-0.05, 0) is 58.2 Å². The SMILES string of the molecule is COCCc1ccc(OS(=O)(=O)c2ccc(OC)c(Br)c2)cc1. The Labute approximate surface area is 144 Å². The molecule has 0 aliphatic heterocycles. The van der Waals surface area contributed by atoms with E-state index in [0.29, 0.717) is 16.8 Å². The number of ether oxygens (including phenoxy) is 2. The number of halogens is 1. The summed E-state index contributed by atoms with van der Waals surface area (Å²) in [6, 6.07) is 11.3. The van der Waals surface area contributed by atoms with Crippen LogP contribution in [0.5, 0.6) is 11.5 Å². The molecule has 0 aromatic heterocycles. The van der Waals surface area contributed by atoms with Gasteiger partial charge >= 0.3 is 10.1 Å². The Hall–Kier alpha value is -1.57. The van der Waals surface area contributed by atoms with Crippen molar-refractivity contribution in [2.45, 2.75) is 11.3 Å². The topological polar surface area (TPSA) is 61.8 Å². The van der Waals surface area contributed by atoms with Gasteiger partial charge < -0.3 is 13.7 Å². The van der Waals surface area contributed by atoms with Crippen LogP contribution in [0.1, 0.15) is 5.56 Å². The lowest BCUT2D eigenvalue weighted by molar-refractivity contribution is 0.202. The zero-order valence-corrected chi connectivity index (χ0v) is 15.2. The zero-order valence-electron chi connectivity index (χ0n) is 12.8. The van der Waals surface area contributed by atoms with Gasteiger partial charge in [0.15, 0.2) is 0 Å². The van der Waals surface area contributed by atoms with E-state index < -0.39 is 10.1 Å². The third-order valence-corrected chi connectivity index (χ3v) is 5.00. The van der Waals surface area contributed by atoms with E-state index in [1.807, 2.05) is 12.1 Å². The molecule has 0 amide bonds. The molecule has 2 aromatic rings. The highest BCUT2D eigenvalue weighted by atomic mass is 79.9. The molecule has 0 aliphatic carbocycles. The Morgan fingerprint density at radius 2 is 1.74 bits per heavy atom. The summed E-state index contributed by atoms with van der Waals surface area (Å²) in [7, 11) is -0.755. The fourth-order valence-corrected chi connectivity index (χ4v) is 3.56. The fraction of sp³-hybridized carbons (Fsp3) is 0.250. The highest BCUT2D eigenvalue weighted by Gasteiger charge is 2.18. The molecule has 2 rings (SSSR count). The first-order chi connectivity index (χ1) is 11.0. The number of methoxy groups -OCH3 is 2. The molecule has 0 fully saturated rings. The van der Waals surface area contributed by atoms with E-state index in [4.69, 9.17) is 13.7 Å². The molecular weight excluding hydrogens is 384 g/mol. The third kappa shape index (κ3) is 4.70. The van der Waals surface area contributed by atoms with Crippen molar-refractivity contribution >= 4 is 26.0 Å². The van der Waals surface area contributed by atoms with Gasteiger partial charge in [-0.1, -0.05) is 12.1 Å². The molecule has 0 N–H and O–H groups in total. The summed E-state index contributed by atoms with van der Waals surface area (Å²) in [5, 5.41) is 0. The van der Waals surface area contributed by atoms with Gasteiger partial charge in [-0.3, -0.25) is 0 Å². The fourth-order valence-electron chi connectivity index (χ4n) is 1.91. The molecule has 0 unspecified atom stereocenters. The van der Waals surface area contributed by atoms with Gasteiger partial charge in [-0.2, -0.15) is 8.42 Å². The molecule has 0 saturated carbocycles. The minimum absolute atomic E-state index is 0.0497. The van der Waals surface area contributed by atoms with Crippen LogP contribution >= 0.6 is 15.9 Å². The molecule has 0 saturated heterocycles. The molecule has 0 aliphatic rings. The van der Waals surface area contributed by atoms with Crippen LogP contribution in [0.4, 0.5) is 0 Å². The Morgan fingerprint density at radius 1 is 1.04 bits per heavy atom. The van der Waals surface area contributed by atoms with Crippen molar-refractivity contribution in [3.05, 3.63) is 52.5 Å². The predicted octanol–water partition coefficient (Wildman–Crippen LogP) is 3.41. The molecule has 0 heterocycles. The first kappa shape index (κ1) is 17.8. The van der Waals surface area contributed by atoms with Gasteiger partial charge in [-0.25, -0.2) is 0 Å². The monoisotopic (exact) mass is 400 g/mol. The molecule has 7 heteroatoms. The van der Waals surface area contributed by atoms with Crippen molar-refractivity contribution in [3.63, 3.8) is 0 Å². The summed E-state index contributed by atoms with van der Waals surface area (Å²) < 4.78 is 40.4. The van der Waals surface area contributed by atoms with Crippen molar-refractivity contribution in [3.8, 4) is 11.5 Å². The van der Waals surface area contributed by atoms with Crippen LogP contribution in [0, 0.1) is 0 Å². The van der Waals surface area contributed by atoms with Crippen molar-refractivity contribution in [1.82, 2.24) is 0 Å². The van der Waals surface area contributed by atoms with Crippen LogP contribution in [0.2, 0.25) is 0 Å². The van der Waals surface area contributed by atoms with Crippen LogP contribution in [-0.4, -0.2) is 29.2 Å². The van der Waals surface area contributed by atoms with Gasteiger partial charge in [0.25, 0.3) is 0 Å². The van der Waals surface area contributed by atoms with Crippen LogP contribution in [0.3, 0.4) is 0 Å². The average Bonchev–Trinajstić information content (AvgIpc) is 2.54. The highest BCUT2D eigenvalue weighted by Crippen LogP contribution is 2.28. The van der Waals surface area contributed by atoms with Gasteiger partial charge in [0, 0.05) is 7.11 Å². The van der Waals surface area contributed by atoms with E-state index in [2.05, 4.69) is 15.9 Å². The second-order valence-electron chi connectivity index (χ2n) is 4.72. The van der Waals surface area contributed by atoms with Crippen LogP contribution in [0.25, 0.3) is 0 Å². The maximum Gasteiger partial charge on any atom is 0.339 e. The number of benzene rings is 2. The normalized spacial score (nSPS) is 11.3. The van der Waals surface area contributed by atoms with Crippen molar-refractivity contribution < 1.29 is 22.1 Å². The summed E-state index contributed by atoms with van der Waals surface area (Å²) in [5.74, 6) is 0.810. The zero-order chi connectivity index (χ0) is 16.9. The van der Waals surface area contributed by atoms with E-state index in [9.17, 15) is 8.42 Å². The quantitative estimate of drug-likeness (QED) is 0.666. The van der Waals surface area contributed by atoms with Crippen molar-refractivity contribution in [2.75, 3.05) is 20.8 Å². The van der Waals surface area contributed by atoms with E-state index >= 15 is 0 Å². The van der Waals surface area contributed by atoms with Crippen molar-refractivity contribution in [1.29, 1.82) is 0 Å². The molecule has 0 radical (unpaired) electrons. The van der Waals surface area contributed by atoms with Crippen LogP contribution < -0.4 is 8.92 Å². The van der Waals surface area contributed by atoms with Crippen LogP contribution in [0.15, 0.2) is 51.8 Å². The summed E-state index contributed by atoms with van der Waals surface area (Å²) in [6.07, 6.45) is 0.759. The largest absolute Gasteiger partial charge is 0.496 e. The molecular formula is C16H17BrO5S. The Morgan fingerprint density at radius 3 is 2.30 bits per heavy atom. The van der Waals surface area contributed by atoms with Gasteiger partial charge in [-0.15, -0.1) is 0 Å². The summed E-state index contributed by atoms with van der Waals surface area (Å²) >= 11 is 3.26. The van der Waals surface area contributed by atoms with Crippen LogP contribution in [-0.2, 0) is 21.3 Å². The standard InChI is InChI=1S/C16H17BrO5S/c1-20-10-9-12-3-5-13(6-4-12)22-23(18,19)14-7-8-16(21-2)15(17)11-14/h3-8,11H,9-10H2,1-2H3. The van der Waals surface area contributed by atoms with Gasteiger partial charge in [0.05, 0.1) is 18.2 Å². The summed E-state index contributed by atoms with van der Waals surface area (Å²) in [6.45, 7) is 0.610. The first-order valence-electron chi connectivity index (χ1n) is 6.82. The lowest BCUT2D eigenvalue weighted by Crippen LogP contribution is -2.10. The molecule has 0 atom stereocenters. The Balaban J connectivity index is 2.16. The first-order valence-corrected chi connectivity index (χ1v) is 9.02.